The van der Waals surface area contributed by atoms with E-state index in [0.717, 1.165) is 25.9 Å². The molecule has 0 saturated carbocycles. The zero-order chi connectivity index (χ0) is 14.5. The summed E-state index contributed by atoms with van der Waals surface area (Å²) >= 11 is 0. The van der Waals surface area contributed by atoms with E-state index in [0.29, 0.717) is 25.7 Å². The second-order valence-corrected chi connectivity index (χ2v) is 5.88. The summed E-state index contributed by atoms with van der Waals surface area (Å²) in [6, 6.07) is 10.3. The Morgan fingerprint density at radius 2 is 1.86 bits per heavy atom. The van der Waals surface area contributed by atoms with E-state index in [-0.39, 0.29) is 17.9 Å². The second-order valence-electron chi connectivity index (χ2n) is 5.88. The summed E-state index contributed by atoms with van der Waals surface area (Å²) < 4.78 is 11.2. The number of carbonyl (C=O) groups excluding carboxylic acids is 1. The van der Waals surface area contributed by atoms with E-state index in [2.05, 4.69) is 17.4 Å². The van der Waals surface area contributed by atoms with Crippen LogP contribution in [0.15, 0.2) is 30.3 Å². The Bertz CT molecular complexity index is 456. The van der Waals surface area contributed by atoms with E-state index < -0.39 is 0 Å². The van der Waals surface area contributed by atoms with Crippen LogP contribution in [0.5, 0.6) is 0 Å². The molecule has 1 N–H and O–H groups in total. The number of benzene rings is 1. The average molecular weight is 289 g/mol. The molecule has 4 heteroatoms. The summed E-state index contributed by atoms with van der Waals surface area (Å²) in [5.41, 5.74) is 1.21. The molecular weight excluding hydrogens is 266 g/mol. The third kappa shape index (κ3) is 3.63. The predicted molar refractivity (Wildman–Crippen MR) is 79.8 cm³/mol. The van der Waals surface area contributed by atoms with Crippen LogP contribution in [0.2, 0.25) is 0 Å². The van der Waals surface area contributed by atoms with Crippen molar-refractivity contribution in [3.05, 3.63) is 35.9 Å². The Hall–Kier alpha value is -1.39. The van der Waals surface area contributed by atoms with Gasteiger partial charge in [-0.1, -0.05) is 30.3 Å². The molecule has 2 aliphatic heterocycles. The fourth-order valence-corrected chi connectivity index (χ4v) is 3.19. The lowest BCUT2D eigenvalue weighted by Crippen LogP contribution is -2.37. The minimum Gasteiger partial charge on any atom is -0.381 e. The van der Waals surface area contributed by atoms with Crippen molar-refractivity contribution in [1.29, 1.82) is 0 Å². The first-order valence-corrected chi connectivity index (χ1v) is 7.86. The summed E-state index contributed by atoms with van der Waals surface area (Å²) in [5.74, 6) is 0.671. The van der Waals surface area contributed by atoms with Gasteiger partial charge in [0.05, 0.1) is 6.10 Å². The topological polar surface area (TPSA) is 47.6 Å². The zero-order valence-corrected chi connectivity index (χ0v) is 12.3. The Morgan fingerprint density at radius 3 is 2.62 bits per heavy atom. The maximum atomic E-state index is 12.2. The maximum Gasteiger partial charge on any atom is 0.223 e. The number of carbonyl (C=O) groups is 1. The molecule has 1 aromatic carbocycles. The van der Waals surface area contributed by atoms with Gasteiger partial charge in [0.15, 0.2) is 0 Å². The molecule has 3 rings (SSSR count). The van der Waals surface area contributed by atoms with Crippen LogP contribution in [0, 0.1) is 11.8 Å². The Balaban J connectivity index is 1.53. The van der Waals surface area contributed by atoms with E-state index in [1.54, 1.807) is 0 Å². The predicted octanol–water partition coefficient (Wildman–Crippen LogP) is 2.31. The zero-order valence-electron chi connectivity index (χ0n) is 12.3. The average Bonchev–Trinajstić information content (AvgIpc) is 3.03. The van der Waals surface area contributed by atoms with Crippen LogP contribution in [0.1, 0.15) is 30.9 Å². The summed E-state index contributed by atoms with van der Waals surface area (Å²) in [5, 5.41) is 3.12. The number of rotatable bonds is 4. The van der Waals surface area contributed by atoms with Crippen molar-refractivity contribution >= 4 is 5.91 Å². The normalized spacial score (nSPS) is 26.7. The van der Waals surface area contributed by atoms with Gasteiger partial charge in [-0.3, -0.25) is 4.79 Å². The molecule has 4 nitrogen and oxygen atoms in total. The molecule has 114 valence electrons. The monoisotopic (exact) mass is 289 g/mol. The number of nitrogens with one attached hydrogen (secondary N) is 1. The van der Waals surface area contributed by atoms with Crippen molar-refractivity contribution in [2.75, 3.05) is 26.4 Å². The Morgan fingerprint density at radius 1 is 1.10 bits per heavy atom. The molecule has 0 aromatic heterocycles. The van der Waals surface area contributed by atoms with Crippen molar-refractivity contribution in [2.45, 2.75) is 25.4 Å². The summed E-state index contributed by atoms with van der Waals surface area (Å²) in [6.07, 6.45) is 2.80. The van der Waals surface area contributed by atoms with Crippen molar-refractivity contribution in [3.8, 4) is 0 Å². The largest absolute Gasteiger partial charge is 0.381 e. The highest BCUT2D eigenvalue weighted by Gasteiger charge is 2.30. The van der Waals surface area contributed by atoms with Gasteiger partial charge in [-0.25, -0.2) is 0 Å². The van der Waals surface area contributed by atoms with Crippen LogP contribution < -0.4 is 5.32 Å². The van der Waals surface area contributed by atoms with Crippen LogP contribution in [0.25, 0.3) is 0 Å². The number of amides is 1. The SMILES string of the molecule is O=C(NC[C@@H]1CCO[C@H]1c1ccccc1)C1CCOCC1. The first kappa shape index (κ1) is 14.5. The van der Waals surface area contributed by atoms with Crippen molar-refractivity contribution in [2.24, 2.45) is 11.8 Å². The van der Waals surface area contributed by atoms with Gasteiger partial charge in [0.25, 0.3) is 0 Å². The molecule has 2 aliphatic rings. The lowest BCUT2D eigenvalue weighted by Gasteiger charge is -2.23. The molecule has 1 aromatic rings. The molecule has 2 fully saturated rings. The number of hydrogen-bond donors (Lipinski definition) is 1. The van der Waals surface area contributed by atoms with E-state index in [9.17, 15) is 4.79 Å². The molecule has 0 spiro atoms. The Kier molecular flexibility index (Phi) is 4.88. The second kappa shape index (κ2) is 7.05. The highest BCUT2D eigenvalue weighted by Crippen LogP contribution is 2.34. The standard InChI is InChI=1S/C17H23NO3/c19-17(14-6-9-20-10-7-14)18-12-15-8-11-21-16(15)13-4-2-1-3-5-13/h1-5,14-16H,6-12H2,(H,18,19)/t15-,16-/m0/s1. The molecule has 21 heavy (non-hydrogen) atoms. The molecule has 0 radical (unpaired) electrons. The third-order valence-corrected chi connectivity index (χ3v) is 4.47. The van der Waals surface area contributed by atoms with Crippen molar-refractivity contribution in [1.82, 2.24) is 5.32 Å². The molecule has 0 unspecified atom stereocenters. The Labute approximate surface area is 125 Å². The minimum absolute atomic E-state index is 0.112. The van der Waals surface area contributed by atoms with Gasteiger partial charge in [-0.2, -0.15) is 0 Å². The van der Waals surface area contributed by atoms with Gasteiger partial charge in [-0.15, -0.1) is 0 Å². The van der Waals surface area contributed by atoms with Gasteiger partial charge in [0.2, 0.25) is 5.91 Å². The van der Waals surface area contributed by atoms with E-state index in [1.165, 1.54) is 5.56 Å². The van der Waals surface area contributed by atoms with Gasteiger partial charge in [-0.05, 0) is 24.8 Å². The van der Waals surface area contributed by atoms with Crippen LogP contribution in [0.4, 0.5) is 0 Å². The summed E-state index contributed by atoms with van der Waals surface area (Å²) in [6.45, 7) is 2.89. The molecule has 0 bridgehead atoms. The first-order chi connectivity index (χ1) is 10.3. The quantitative estimate of drug-likeness (QED) is 0.925. The fraction of sp³-hybridized carbons (Fsp3) is 0.588. The maximum absolute atomic E-state index is 12.2. The highest BCUT2D eigenvalue weighted by molar-refractivity contribution is 5.78. The first-order valence-electron chi connectivity index (χ1n) is 7.86. The summed E-state index contributed by atoms with van der Waals surface area (Å²) in [4.78, 5) is 12.2. The van der Waals surface area contributed by atoms with Crippen molar-refractivity contribution in [3.63, 3.8) is 0 Å². The fourth-order valence-electron chi connectivity index (χ4n) is 3.19. The van der Waals surface area contributed by atoms with Crippen LogP contribution in [-0.4, -0.2) is 32.3 Å². The molecule has 1 amide bonds. The third-order valence-electron chi connectivity index (χ3n) is 4.47. The lowest BCUT2D eigenvalue weighted by molar-refractivity contribution is -0.128. The van der Waals surface area contributed by atoms with E-state index in [1.807, 2.05) is 18.2 Å². The molecule has 2 atom stereocenters. The van der Waals surface area contributed by atoms with E-state index >= 15 is 0 Å². The van der Waals surface area contributed by atoms with E-state index in [4.69, 9.17) is 9.47 Å². The van der Waals surface area contributed by atoms with Crippen molar-refractivity contribution < 1.29 is 14.3 Å². The van der Waals surface area contributed by atoms with Crippen LogP contribution in [-0.2, 0) is 14.3 Å². The number of ether oxygens (including phenoxy) is 2. The number of hydrogen-bond acceptors (Lipinski definition) is 3. The molecule has 2 heterocycles. The smallest absolute Gasteiger partial charge is 0.223 e. The highest BCUT2D eigenvalue weighted by atomic mass is 16.5. The minimum atomic E-state index is 0.112. The van der Waals surface area contributed by atoms with Gasteiger partial charge >= 0.3 is 0 Å². The van der Waals surface area contributed by atoms with Gasteiger partial charge in [0.1, 0.15) is 0 Å². The lowest BCUT2D eigenvalue weighted by atomic mass is 9.94. The van der Waals surface area contributed by atoms with Gasteiger partial charge < -0.3 is 14.8 Å². The molecule has 2 saturated heterocycles. The summed E-state index contributed by atoms with van der Waals surface area (Å²) in [7, 11) is 0. The molecule has 0 aliphatic carbocycles. The van der Waals surface area contributed by atoms with Gasteiger partial charge in [0, 0.05) is 38.2 Å². The molecular formula is C17H23NO3. The van der Waals surface area contributed by atoms with Crippen LogP contribution >= 0.6 is 0 Å². The van der Waals surface area contributed by atoms with Crippen LogP contribution in [0.3, 0.4) is 0 Å².